The number of carbonyl (C=O) groups excluding carboxylic acids is 1. The van der Waals surface area contributed by atoms with E-state index in [0.29, 0.717) is 13.0 Å². The maximum absolute atomic E-state index is 13.0. The molecule has 0 radical (unpaired) electrons. The molecule has 0 saturated carbocycles. The Balaban J connectivity index is 1.86. The van der Waals surface area contributed by atoms with Crippen LogP contribution in [0.3, 0.4) is 0 Å². The first-order valence-corrected chi connectivity index (χ1v) is 10.6. The van der Waals surface area contributed by atoms with Crippen molar-refractivity contribution in [2.24, 2.45) is 0 Å². The van der Waals surface area contributed by atoms with Crippen LogP contribution in [0.5, 0.6) is 0 Å². The summed E-state index contributed by atoms with van der Waals surface area (Å²) in [5.41, 5.74) is 1.00. The van der Waals surface area contributed by atoms with Crippen LogP contribution in [0.4, 0.5) is 4.39 Å². The zero-order valence-electron chi connectivity index (χ0n) is 15.2. The molecule has 0 fully saturated rings. The van der Waals surface area contributed by atoms with Gasteiger partial charge in [0.05, 0.1) is 4.90 Å². The minimum atomic E-state index is -3.69. The highest BCUT2D eigenvalue weighted by molar-refractivity contribution is 9.10. The molecular weight excluding hydrogens is 435 g/mol. The summed E-state index contributed by atoms with van der Waals surface area (Å²) in [6, 6.07) is 12.4. The molecule has 0 aliphatic carbocycles. The molecule has 27 heavy (non-hydrogen) atoms. The van der Waals surface area contributed by atoms with Gasteiger partial charge in [-0.2, -0.15) is 0 Å². The van der Waals surface area contributed by atoms with Crippen LogP contribution in [-0.2, 0) is 21.4 Å². The van der Waals surface area contributed by atoms with Crippen molar-refractivity contribution in [3.05, 3.63) is 64.4 Å². The van der Waals surface area contributed by atoms with Crippen LogP contribution < -0.4 is 0 Å². The number of hydrogen-bond acceptors (Lipinski definition) is 3. The lowest BCUT2D eigenvalue weighted by atomic mass is 10.2. The first-order valence-electron chi connectivity index (χ1n) is 8.41. The third-order valence-electron chi connectivity index (χ3n) is 4.18. The monoisotopic (exact) mass is 456 g/mol. The van der Waals surface area contributed by atoms with Crippen molar-refractivity contribution in [2.45, 2.75) is 24.3 Å². The molecule has 0 aliphatic heterocycles. The maximum Gasteiger partial charge on any atom is 0.242 e. The zero-order chi connectivity index (χ0) is 20.0. The van der Waals surface area contributed by atoms with E-state index in [-0.39, 0.29) is 23.8 Å². The van der Waals surface area contributed by atoms with Gasteiger partial charge in [0, 0.05) is 38.1 Å². The van der Waals surface area contributed by atoms with E-state index in [1.54, 1.807) is 11.9 Å². The maximum atomic E-state index is 13.0. The van der Waals surface area contributed by atoms with Gasteiger partial charge in [0.1, 0.15) is 5.82 Å². The predicted molar refractivity (Wildman–Crippen MR) is 106 cm³/mol. The minimum absolute atomic E-state index is 0.0313. The Morgan fingerprint density at radius 1 is 1.07 bits per heavy atom. The summed E-state index contributed by atoms with van der Waals surface area (Å²) in [6.07, 6.45) is 0.639. The summed E-state index contributed by atoms with van der Waals surface area (Å²) < 4.78 is 40.0. The molecule has 0 atom stereocenters. The molecule has 8 heteroatoms. The quantitative estimate of drug-likeness (QED) is 0.608. The van der Waals surface area contributed by atoms with Crippen molar-refractivity contribution < 1.29 is 17.6 Å². The number of amides is 1. The average Bonchev–Trinajstić information content (AvgIpc) is 2.63. The number of halogens is 2. The lowest BCUT2D eigenvalue weighted by Crippen LogP contribution is -2.30. The molecule has 146 valence electrons. The Hall–Kier alpha value is -1.77. The molecule has 2 aromatic rings. The van der Waals surface area contributed by atoms with E-state index in [0.717, 1.165) is 22.2 Å². The van der Waals surface area contributed by atoms with Gasteiger partial charge in [-0.05, 0) is 42.3 Å². The van der Waals surface area contributed by atoms with Gasteiger partial charge in [0.2, 0.25) is 15.9 Å². The smallest absolute Gasteiger partial charge is 0.242 e. The lowest BCUT2D eigenvalue weighted by molar-refractivity contribution is -0.130. The molecular formula is C19H22BrFN2O3S. The number of nitrogens with zero attached hydrogens (tertiary/aromatic N) is 2. The van der Waals surface area contributed by atoms with E-state index in [2.05, 4.69) is 15.9 Å². The van der Waals surface area contributed by atoms with Crippen LogP contribution in [0.25, 0.3) is 0 Å². The van der Waals surface area contributed by atoms with Gasteiger partial charge in [-0.1, -0.05) is 34.1 Å². The van der Waals surface area contributed by atoms with Crippen LogP contribution in [0.1, 0.15) is 18.4 Å². The predicted octanol–water partition coefficient (Wildman–Crippen LogP) is 3.65. The summed E-state index contributed by atoms with van der Waals surface area (Å²) in [7, 11) is -0.517. The van der Waals surface area contributed by atoms with Gasteiger partial charge in [-0.25, -0.2) is 17.1 Å². The Labute approximate surface area is 168 Å². The van der Waals surface area contributed by atoms with Gasteiger partial charge < -0.3 is 4.90 Å². The van der Waals surface area contributed by atoms with Crippen molar-refractivity contribution in [2.75, 3.05) is 20.6 Å². The fourth-order valence-corrected chi connectivity index (χ4v) is 4.14. The highest BCUT2D eigenvalue weighted by Crippen LogP contribution is 2.18. The van der Waals surface area contributed by atoms with Gasteiger partial charge in [-0.15, -0.1) is 0 Å². The lowest BCUT2D eigenvalue weighted by Gasteiger charge is -2.20. The Morgan fingerprint density at radius 3 is 2.33 bits per heavy atom. The standard InChI is InChI=1S/C19H22BrFN2O3S/c1-22(14-15-6-3-4-7-18(15)20)19(24)8-5-13-23(2)27(25,26)17-11-9-16(21)10-12-17/h3-4,6-7,9-12H,5,8,13-14H2,1-2H3. The molecule has 0 bridgehead atoms. The van der Waals surface area contributed by atoms with Crippen LogP contribution in [0, 0.1) is 5.82 Å². The number of sulfonamides is 1. The first-order chi connectivity index (χ1) is 12.7. The number of carbonyl (C=O) groups is 1. The third kappa shape index (κ3) is 5.85. The summed E-state index contributed by atoms with van der Waals surface area (Å²) in [6.45, 7) is 0.679. The van der Waals surface area contributed by atoms with Crippen molar-refractivity contribution in [3.8, 4) is 0 Å². The largest absolute Gasteiger partial charge is 0.341 e. The van der Waals surface area contributed by atoms with Crippen molar-refractivity contribution in [1.29, 1.82) is 0 Å². The molecule has 0 aliphatic rings. The first kappa shape index (κ1) is 21.5. The second kappa shape index (κ2) is 9.43. The Bertz CT molecular complexity index is 888. The van der Waals surface area contributed by atoms with Crippen LogP contribution >= 0.6 is 15.9 Å². The molecule has 0 heterocycles. The normalized spacial score (nSPS) is 11.6. The second-order valence-electron chi connectivity index (χ2n) is 6.23. The fourth-order valence-electron chi connectivity index (χ4n) is 2.52. The minimum Gasteiger partial charge on any atom is -0.341 e. The number of hydrogen-bond donors (Lipinski definition) is 0. The van der Waals surface area contributed by atoms with Gasteiger partial charge in [0.25, 0.3) is 0 Å². The third-order valence-corrected chi connectivity index (χ3v) is 6.82. The van der Waals surface area contributed by atoms with Crippen LogP contribution in [0.15, 0.2) is 57.9 Å². The molecule has 2 rings (SSSR count). The van der Waals surface area contributed by atoms with Crippen molar-refractivity contribution >= 4 is 31.9 Å². The van der Waals surface area contributed by atoms with E-state index in [9.17, 15) is 17.6 Å². The summed E-state index contributed by atoms with van der Waals surface area (Å²) in [5.74, 6) is -0.548. The fraction of sp³-hybridized carbons (Fsp3) is 0.316. The van der Waals surface area contributed by atoms with Crippen molar-refractivity contribution in [1.82, 2.24) is 9.21 Å². The van der Waals surface area contributed by atoms with Crippen molar-refractivity contribution in [3.63, 3.8) is 0 Å². The highest BCUT2D eigenvalue weighted by Gasteiger charge is 2.21. The molecule has 0 spiro atoms. The van der Waals surface area contributed by atoms with Gasteiger partial charge >= 0.3 is 0 Å². The van der Waals surface area contributed by atoms with E-state index >= 15 is 0 Å². The average molecular weight is 457 g/mol. The molecule has 0 aromatic heterocycles. The second-order valence-corrected chi connectivity index (χ2v) is 9.12. The van der Waals surface area contributed by atoms with Gasteiger partial charge in [-0.3, -0.25) is 4.79 Å². The van der Waals surface area contributed by atoms with Crippen LogP contribution in [0.2, 0.25) is 0 Å². The SMILES string of the molecule is CN(Cc1ccccc1Br)C(=O)CCCN(C)S(=O)(=O)c1ccc(F)cc1. The summed E-state index contributed by atoms with van der Waals surface area (Å²) >= 11 is 3.46. The topological polar surface area (TPSA) is 57.7 Å². The van der Waals surface area contributed by atoms with E-state index in [4.69, 9.17) is 0 Å². The zero-order valence-corrected chi connectivity index (χ0v) is 17.6. The molecule has 1 amide bonds. The Kier molecular flexibility index (Phi) is 7.52. The number of rotatable bonds is 8. The van der Waals surface area contributed by atoms with Gasteiger partial charge in [0.15, 0.2) is 0 Å². The van der Waals surface area contributed by atoms with E-state index in [1.807, 2.05) is 24.3 Å². The summed E-state index contributed by atoms with van der Waals surface area (Å²) in [5, 5.41) is 0. The van der Waals surface area contributed by atoms with Crippen LogP contribution in [-0.4, -0.2) is 44.2 Å². The summed E-state index contributed by atoms with van der Waals surface area (Å²) in [4.78, 5) is 13.9. The van der Waals surface area contributed by atoms with E-state index < -0.39 is 15.8 Å². The van der Waals surface area contributed by atoms with E-state index in [1.165, 1.54) is 23.5 Å². The molecule has 5 nitrogen and oxygen atoms in total. The Morgan fingerprint density at radius 2 is 1.70 bits per heavy atom. The molecule has 0 unspecified atom stereocenters. The number of benzene rings is 2. The molecule has 0 saturated heterocycles. The molecule has 2 aromatic carbocycles. The molecule has 0 N–H and O–H groups in total. The highest BCUT2D eigenvalue weighted by atomic mass is 79.9.